The largest absolute Gasteiger partial charge is 0.445 e. The monoisotopic (exact) mass is 315 g/mol. The molecule has 126 valence electrons. The minimum Gasteiger partial charge on any atom is -0.445 e. The van der Waals surface area contributed by atoms with E-state index in [0.717, 1.165) is 24.8 Å². The maximum absolute atomic E-state index is 12.1. The number of rotatable bonds is 5. The highest BCUT2D eigenvalue weighted by atomic mass is 16.5. The third-order valence-electron chi connectivity index (χ3n) is 4.06. The van der Waals surface area contributed by atoms with Gasteiger partial charge >= 0.3 is 6.09 Å². The van der Waals surface area contributed by atoms with Crippen LogP contribution in [0.3, 0.4) is 0 Å². The Kier molecular flexibility index (Phi) is 6.03. The third-order valence-corrected chi connectivity index (χ3v) is 4.06. The minimum absolute atomic E-state index is 0. The molecular formula is C20H29NO2. The fourth-order valence-electron chi connectivity index (χ4n) is 2.54. The highest BCUT2D eigenvalue weighted by molar-refractivity contribution is 5.67. The van der Waals surface area contributed by atoms with Gasteiger partial charge in [0.1, 0.15) is 6.61 Å². The predicted molar refractivity (Wildman–Crippen MR) is 96.2 cm³/mol. The summed E-state index contributed by atoms with van der Waals surface area (Å²) in [5.74, 6) is 0. The molecule has 1 amide bonds. The van der Waals surface area contributed by atoms with E-state index in [9.17, 15) is 4.79 Å². The molecule has 1 atom stereocenters. The van der Waals surface area contributed by atoms with Gasteiger partial charge in [0.2, 0.25) is 0 Å². The van der Waals surface area contributed by atoms with Gasteiger partial charge in [0.15, 0.2) is 0 Å². The number of hydrogen-bond donors (Lipinski definition) is 1. The molecule has 0 heterocycles. The first kappa shape index (κ1) is 17.3. The molecule has 0 bridgehead atoms. The maximum atomic E-state index is 12.1. The summed E-state index contributed by atoms with van der Waals surface area (Å²) in [6, 6.07) is 9.77. The van der Waals surface area contributed by atoms with E-state index in [1.54, 1.807) is 0 Å². The topological polar surface area (TPSA) is 38.3 Å². The lowest BCUT2D eigenvalue weighted by Gasteiger charge is -2.32. The van der Waals surface area contributed by atoms with E-state index >= 15 is 0 Å². The van der Waals surface area contributed by atoms with Crippen LogP contribution in [0.2, 0.25) is 0 Å². The van der Waals surface area contributed by atoms with E-state index in [4.69, 9.17) is 4.74 Å². The molecule has 23 heavy (non-hydrogen) atoms. The highest BCUT2D eigenvalue weighted by Crippen LogP contribution is 2.26. The van der Waals surface area contributed by atoms with Crippen molar-refractivity contribution in [2.24, 2.45) is 5.41 Å². The summed E-state index contributed by atoms with van der Waals surface area (Å²) in [5, 5.41) is 3.04. The molecule has 0 spiro atoms. The second-order valence-corrected chi connectivity index (χ2v) is 7.09. The van der Waals surface area contributed by atoms with E-state index in [-0.39, 0.29) is 19.0 Å². The smallest absolute Gasteiger partial charge is 0.407 e. The van der Waals surface area contributed by atoms with Gasteiger partial charge in [-0.05, 0) is 30.2 Å². The van der Waals surface area contributed by atoms with Crippen molar-refractivity contribution in [1.82, 2.24) is 5.32 Å². The lowest BCUT2D eigenvalue weighted by molar-refractivity contribution is 0.126. The molecule has 0 fully saturated rings. The normalized spacial score (nSPS) is 15.7. The molecule has 3 nitrogen and oxygen atoms in total. The van der Waals surface area contributed by atoms with Crippen molar-refractivity contribution in [2.45, 2.75) is 52.7 Å². The maximum Gasteiger partial charge on any atom is 0.407 e. The first-order valence-corrected chi connectivity index (χ1v) is 8.28. The summed E-state index contributed by atoms with van der Waals surface area (Å²) < 4.78 is 5.36. The number of nitrogens with one attached hydrogen (secondary N) is 1. The Balaban J connectivity index is 0.00000288. The van der Waals surface area contributed by atoms with E-state index in [1.165, 1.54) is 5.57 Å². The molecule has 1 N–H and O–H groups in total. The van der Waals surface area contributed by atoms with Crippen LogP contribution in [0.25, 0.3) is 0 Å². The summed E-state index contributed by atoms with van der Waals surface area (Å²) in [6.45, 7) is 6.72. The van der Waals surface area contributed by atoms with Gasteiger partial charge in [0.25, 0.3) is 0 Å². The second-order valence-electron chi connectivity index (χ2n) is 7.09. The van der Waals surface area contributed by atoms with Crippen LogP contribution in [0, 0.1) is 5.41 Å². The standard InChI is InChI=1S/C20H27NO2.H2/c1-20(2,3)18(14-16-10-6-4-7-11-16)21-19(22)23-15-17-12-8-5-9-13-17;/h5-6,8-13,18H,4,7,14-15H2,1-3H3,(H,21,22);1H. The van der Waals surface area contributed by atoms with Crippen LogP contribution in [0.15, 0.2) is 54.1 Å². The first-order valence-electron chi connectivity index (χ1n) is 8.28. The number of carbonyl (C=O) groups is 1. The molecule has 2 rings (SSSR count). The van der Waals surface area contributed by atoms with Gasteiger partial charge in [0.05, 0.1) is 0 Å². The van der Waals surface area contributed by atoms with Crippen LogP contribution in [0.1, 0.15) is 47.0 Å². The summed E-state index contributed by atoms with van der Waals surface area (Å²) in [4.78, 5) is 12.1. The molecule has 0 aromatic heterocycles. The lowest BCUT2D eigenvalue weighted by Crippen LogP contribution is -2.44. The predicted octanol–water partition coefficient (Wildman–Crippen LogP) is 5.24. The lowest BCUT2D eigenvalue weighted by atomic mass is 9.82. The molecule has 0 aliphatic heterocycles. The first-order chi connectivity index (χ1) is 10.9. The van der Waals surface area contributed by atoms with Crippen LogP contribution in [0.4, 0.5) is 4.79 Å². The van der Waals surface area contributed by atoms with Gasteiger partial charge in [-0.15, -0.1) is 0 Å². The molecule has 0 saturated heterocycles. The molecule has 0 saturated carbocycles. The van der Waals surface area contributed by atoms with Crippen LogP contribution in [-0.4, -0.2) is 12.1 Å². The highest BCUT2D eigenvalue weighted by Gasteiger charge is 2.27. The van der Waals surface area contributed by atoms with Crippen molar-refractivity contribution < 1.29 is 11.0 Å². The van der Waals surface area contributed by atoms with Crippen LogP contribution in [-0.2, 0) is 11.3 Å². The molecule has 1 aliphatic carbocycles. The minimum atomic E-state index is -0.353. The average molecular weight is 315 g/mol. The van der Waals surface area contributed by atoms with Crippen LogP contribution < -0.4 is 5.32 Å². The van der Waals surface area contributed by atoms with Crippen LogP contribution >= 0.6 is 0 Å². The molecule has 1 aliphatic rings. The average Bonchev–Trinajstić information content (AvgIpc) is 2.53. The van der Waals surface area contributed by atoms with E-state index in [1.807, 2.05) is 30.3 Å². The Morgan fingerprint density at radius 2 is 2.00 bits per heavy atom. The Labute approximate surface area is 140 Å². The van der Waals surface area contributed by atoms with Gasteiger partial charge in [-0.2, -0.15) is 0 Å². The summed E-state index contributed by atoms with van der Waals surface area (Å²) >= 11 is 0. The zero-order valence-corrected chi connectivity index (χ0v) is 14.3. The van der Waals surface area contributed by atoms with E-state index < -0.39 is 0 Å². The number of alkyl carbamates (subject to hydrolysis) is 1. The van der Waals surface area contributed by atoms with Gasteiger partial charge in [-0.3, -0.25) is 0 Å². The molecular weight excluding hydrogens is 286 g/mol. The quantitative estimate of drug-likeness (QED) is 0.807. The molecule has 1 aromatic rings. The third kappa shape index (κ3) is 5.93. The fraction of sp³-hybridized carbons (Fsp3) is 0.450. The summed E-state index contributed by atoms with van der Waals surface area (Å²) in [7, 11) is 0. The van der Waals surface area contributed by atoms with Crippen LogP contribution in [0.5, 0.6) is 0 Å². The van der Waals surface area contributed by atoms with Crippen molar-refractivity contribution in [1.29, 1.82) is 0 Å². The number of allylic oxidation sites excluding steroid dienone is 3. The van der Waals surface area contributed by atoms with Gasteiger partial charge in [-0.1, -0.05) is 74.9 Å². The molecule has 0 radical (unpaired) electrons. The summed E-state index contributed by atoms with van der Waals surface area (Å²) in [5.41, 5.74) is 2.25. The Morgan fingerprint density at radius 3 is 2.61 bits per heavy atom. The van der Waals surface area contributed by atoms with E-state index in [2.05, 4.69) is 44.3 Å². The SMILES string of the molecule is CC(C)(C)C(CC1=CCCC=C1)NC(=O)OCc1ccccc1.[HH]. The van der Waals surface area contributed by atoms with Crippen molar-refractivity contribution in [3.63, 3.8) is 0 Å². The summed E-state index contributed by atoms with van der Waals surface area (Å²) in [6.07, 6.45) is 9.30. The number of amides is 1. The zero-order chi connectivity index (χ0) is 16.7. The zero-order valence-electron chi connectivity index (χ0n) is 14.3. The van der Waals surface area contributed by atoms with Gasteiger partial charge in [-0.25, -0.2) is 4.79 Å². The Morgan fingerprint density at radius 1 is 1.26 bits per heavy atom. The number of ether oxygens (including phenoxy) is 1. The van der Waals surface area contributed by atoms with Gasteiger partial charge in [0, 0.05) is 7.47 Å². The molecule has 1 aromatic carbocycles. The second kappa shape index (κ2) is 8.00. The van der Waals surface area contributed by atoms with Gasteiger partial charge < -0.3 is 10.1 Å². The number of benzene rings is 1. The van der Waals surface area contributed by atoms with E-state index in [0.29, 0.717) is 6.61 Å². The molecule has 3 heteroatoms. The number of carbonyl (C=O) groups excluding carboxylic acids is 1. The fourth-order valence-corrected chi connectivity index (χ4v) is 2.54. The van der Waals surface area contributed by atoms with Crippen molar-refractivity contribution in [3.8, 4) is 0 Å². The Hall–Kier alpha value is -2.03. The molecule has 1 unspecified atom stereocenters. The Bertz CT molecular complexity index is 573. The number of hydrogen-bond acceptors (Lipinski definition) is 2. The van der Waals surface area contributed by atoms with Crippen molar-refractivity contribution in [3.05, 3.63) is 59.7 Å². The van der Waals surface area contributed by atoms with Crippen molar-refractivity contribution >= 4 is 6.09 Å². The van der Waals surface area contributed by atoms with Crippen molar-refractivity contribution in [2.75, 3.05) is 0 Å².